The zero-order chi connectivity index (χ0) is 17.6. The summed E-state index contributed by atoms with van der Waals surface area (Å²) in [7, 11) is 0. The predicted molar refractivity (Wildman–Crippen MR) is 92.6 cm³/mol. The van der Waals surface area contributed by atoms with Gasteiger partial charge in [-0.3, -0.25) is 9.59 Å². The zero-order valence-electron chi connectivity index (χ0n) is 13.4. The van der Waals surface area contributed by atoms with Crippen molar-refractivity contribution in [2.24, 2.45) is 0 Å². The van der Waals surface area contributed by atoms with E-state index in [-0.39, 0.29) is 24.6 Å². The van der Waals surface area contributed by atoms with Gasteiger partial charge in [0.05, 0.1) is 18.3 Å². The summed E-state index contributed by atoms with van der Waals surface area (Å²) in [5, 5.41) is 16.8. The van der Waals surface area contributed by atoms with Crippen molar-refractivity contribution in [3.8, 4) is 5.69 Å². The number of benzene rings is 1. The Balaban J connectivity index is 1.60. The van der Waals surface area contributed by atoms with Crippen molar-refractivity contribution in [1.29, 1.82) is 0 Å². The molecule has 2 N–H and O–H groups in total. The number of aliphatic hydroxyl groups excluding tert-OH is 1. The highest BCUT2D eigenvalue weighted by molar-refractivity contribution is 5.94. The lowest BCUT2D eigenvalue weighted by Gasteiger charge is -2.13. The molecule has 0 spiro atoms. The number of carbonyl (C=O) groups is 1. The van der Waals surface area contributed by atoms with Crippen LogP contribution in [0, 0.1) is 0 Å². The quantitative estimate of drug-likeness (QED) is 0.696. The van der Waals surface area contributed by atoms with E-state index in [0.717, 1.165) is 5.69 Å². The summed E-state index contributed by atoms with van der Waals surface area (Å²) < 4.78 is 3.06. The SMILES string of the molecule is O=C(NCC(O)Cn1ccccc1=O)c1cccc(-n2cccn2)c1. The highest BCUT2D eigenvalue weighted by Crippen LogP contribution is 2.09. The first-order valence-electron chi connectivity index (χ1n) is 7.85. The minimum atomic E-state index is -0.863. The van der Waals surface area contributed by atoms with Gasteiger partial charge in [-0.2, -0.15) is 5.10 Å². The molecular formula is C18H18N4O3. The van der Waals surface area contributed by atoms with E-state index in [1.165, 1.54) is 10.6 Å². The van der Waals surface area contributed by atoms with Crippen molar-refractivity contribution in [3.05, 3.63) is 83.0 Å². The van der Waals surface area contributed by atoms with Crippen LogP contribution in [0.4, 0.5) is 0 Å². The Morgan fingerprint density at radius 1 is 1.16 bits per heavy atom. The van der Waals surface area contributed by atoms with Crippen molar-refractivity contribution < 1.29 is 9.90 Å². The van der Waals surface area contributed by atoms with Gasteiger partial charge in [-0.1, -0.05) is 12.1 Å². The van der Waals surface area contributed by atoms with Crippen molar-refractivity contribution in [2.45, 2.75) is 12.6 Å². The molecule has 25 heavy (non-hydrogen) atoms. The molecule has 0 radical (unpaired) electrons. The number of hydrogen-bond acceptors (Lipinski definition) is 4. The van der Waals surface area contributed by atoms with Gasteiger partial charge >= 0.3 is 0 Å². The summed E-state index contributed by atoms with van der Waals surface area (Å²) in [5.74, 6) is -0.298. The molecule has 3 aromatic rings. The van der Waals surface area contributed by atoms with E-state index in [1.807, 2.05) is 6.07 Å². The van der Waals surface area contributed by atoms with Crippen LogP contribution in [0.5, 0.6) is 0 Å². The lowest BCUT2D eigenvalue weighted by atomic mass is 10.2. The minimum Gasteiger partial charge on any atom is -0.389 e. The third-order valence-corrected chi connectivity index (χ3v) is 3.68. The van der Waals surface area contributed by atoms with Crippen LogP contribution in [0.1, 0.15) is 10.4 Å². The molecular weight excluding hydrogens is 320 g/mol. The van der Waals surface area contributed by atoms with Gasteiger partial charge in [0.25, 0.3) is 11.5 Å². The zero-order valence-corrected chi connectivity index (χ0v) is 13.4. The van der Waals surface area contributed by atoms with Gasteiger partial charge in [0.1, 0.15) is 0 Å². The summed E-state index contributed by atoms with van der Waals surface area (Å²) in [6.07, 6.45) is 4.19. The van der Waals surface area contributed by atoms with Crippen LogP contribution in [0.3, 0.4) is 0 Å². The topological polar surface area (TPSA) is 89.1 Å². The maximum atomic E-state index is 12.3. The van der Waals surface area contributed by atoms with Gasteiger partial charge in [-0.25, -0.2) is 4.68 Å². The Kier molecular flexibility index (Phi) is 5.06. The molecule has 128 valence electrons. The van der Waals surface area contributed by atoms with Crippen LogP contribution in [0.2, 0.25) is 0 Å². The minimum absolute atomic E-state index is 0.0478. The molecule has 7 nitrogen and oxygen atoms in total. The number of nitrogens with zero attached hydrogens (tertiary/aromatic N) is 3. The average molecular weight is 338 g/mol. The van der Waals surface area contributed by atoms with Crippen LogP contribution in [0.25, 0.3) is 5.69 Å². The molecule has 0 fully saturated rings. The molecule has 3 rings (SSSR count). The standard InChI is InChI=1S/C18H18N4O3/c23-16(13-21-9-2-1-7-17(21)24)12-19-18(25)14-5-3-6-15(11-14)22-10-4-8-20-22/h1-11,16,23H,12-13H2,(H,19,25). The number of aromatic nitrogens is 3. The molecule has 0 bridgehead atoms. The molecule has 2 heterocycles. The average Bonchev–Trinajstić information content (AvgIpc) is 3.16. The van der Waals surface area contributed by atoms with Gasteiger partial charge < -0.3 is 15.0 Å². The van der Waals surface area contributed by atoms with Crippen LogP contribution in [0.15, 0.2) is 71.9 Å². The molecule has 2 aromatic heterocycles. The summed E-state index contributed by atoms with van der Waals surface area (Å²) in [6, 6.07) is 13.6. The second-order valence-electron chi connectivity index (χ2n) is 5.56. The lowest BCUT2D eigenvalue weighted by Crippen LogP contribution is -2.36. The Hall–Kier alpha value is -3.19. The Labute approximate surface area is 144 Å². The molecule has 0 aliphatic carbocycles. The van der Waals surface area contributed by atoms with Gasteiger partial charge in [-0.15, -0.1) is 0 Å². The molecule has 0 aliphatic heterocycles. The number of nitrogens with one attached hydrogen (secondary N) is 1. The summed E-state index contributed by atoms with van der Waals surface area (Å²) in [6.45, 7) is 0.166. The van der Waals surface area contributed by atoms with Crippen molar-refractivity contribution in [3.63, 3.8) is 0 Å². The van der Waals surface area contributed by atoms with E-state index in [0.29, 0.717) is 5.56 Å². The van der Waals surface area contributed by atoms with Crippen LogP contribution in [-0.4, -0.2) is 38.0 Å². The fraction of sp³-hybridized carbons (Fsp3) is 0.167. The van der Waals surface area contributed by atoms with Gasteiger partial charge in [0.15, 0.2) is 0 Å². The molecule has 1 aromatic carbocycles. The third kappa shape index (κ3) is 4.21. The van der Waals surface area contributed by atoms with E-state index in [4.69, 9.17) is 0 Å². The monoisotopic (exact) mass is 338 g/mol. The highest BCUT2D eigenvalue weighted by Gasteiger charge is 2.11. The number of amides is 1. The lowest BCUT2D eigenvalue weighted by molar-refractivity contribution is 0.0903. The maximum Gasteiger partial charge on any atom is 0.251 e. The molecule has 1 unspecified atom stereocenters. The fourth-order valence-electron chi connectivity index (χ4n) is 2.43. The Bertz CT molecular complexity index is 902. The van der Waals surface area contributed by atoms with Crippen LogP contribution < -0.4 is 10.9 Å². The second-order valence-corrected chi connectivity index (χ2v) is 5.56. The van der Waals surface area contributed by atoms with Crippen molar-refractivity contribution in [1.82, 2.24) is 19.7 Å². The van der Waals surface area contributed by atoms with Crippen molar-refractivity contribution in [2.75, 3.05) is 6.54 Å². The first-order valence-corrected chi connectivity index (χ1v) is 7.85. The number of carbonyl (C=O) groups excluding carboxylic acids is 1. The largest absolute Gasteiger partial charge is 0.389 e. The molecule has 7 heteroatoms. The van der Waals surface area contributed by atoms with E-state index in [1.54, 1.807) is 59.7 Å². The van der Waals surface area contributed by atoms with Gasteiger partial charge in [0.2, 0.25) is 0 Å². The van der Waals surface area contributed by atoms with Gasteiger partial charge in [-0.05, 0) is 30.3 Å². The summed E-state index contributed by atoms with van der Waals surface area (Å²) in [5.41, 5.74) is 1.05. The molecule has 0 saturated carbocycles. The summed E-state index contributed by atoms with van der Waals surface area (Å²) in [4.78, 5) is 23.9. The van der Waals surface area contributed by atoms with E-state index in [9.17, 15) is 14.7 Å². The number of pyridine rings is 1. The first kappa shape index (κ1) is 16.7. The van der Waals surface area contributed by atoms with Crippen LogP contribution >= 0.6 is 0 Å². The number of hydrogen-bond donors (Lipinski definition) is 2. The van der Waals surface area contributed by atoms with Gasteiger partial charge in [0, 0.05) is 36.8 Å². The first-order chi connectivity index (χ1) is 12.1. The Morgan fingerprint density at radius 2 is 2.04 bits per heavy atom. The second kappa shape index (κ2) is 7.59. The van der Waals surface area contributed by atoms with Crippen molar-refractivity contribution >= 4 is 5.91 Å². The molecule has 1 amide bonds. The van der Waals surface area contributed by atoms with E-state index in [2.05, 4.69) is 10.4 Å². The number of aliphatic hydroxyl groups is 1. The summed E-state index contributed by atoms with van der Waals surface area (Å²) >= 11 is 0. The maximum absolute atomic E-state index is 12.3. The third-order valence-electron chi connectivity index (χ3n) is 3.68. The highest BCUT2D eigenvalue weighted by atomic mass is 16.3. The normalized spacial score (nSPS) is 11.9. The molecule has 0 aliphatic rings. The van der Waals surface area contributed by atoms with E-state index < -0.39 is 6.10 Å². The fourth-order valence-corrected chi connectivity index (χ4v) is 2.43. The predicted octanol–water partition coefficient (Wildman–Crippen LogP) is 0.825. The van der Waals surface area contributed by atoms with Crippen LogP contribution in [-0.2, 0) is 6.54 Å². The van der Waals surface area contributed by atoms with E-state index >= 15 is 0 Å². The Morgan fingerprint density at radius 3 is 2.80 bits per heavy atom. The number of rotatable bonds is 6. The molecule has 0 saturated heterocycles. The smallest absolute Gasteiger partial charge is 0.251 e. The molecule has 1 atom stereocenters.